The second-order valence-corrected chi connectivity index (χ2v) is 10.3. The summed E-state index contributed by atoms with van der Waals surface area (Å²) in [5.74, 6) is -0.210. The molecule has 0 bridgehead atoms. The molecule has 2 atom stereocenters. The molecule has 1 fully saturated rings. The van der Waals surface area contributed by atoms with Gasteiger partial charge in [0.15, 0.2) is 0 Å². The summed E-state index contributed by atoms with van der Waals surface area (Å²) < 4.78 is 43.2. The number of carbonyl (C=O) groups excluding carboxylic acids is 1. The van der Waals surface area contributed by atoms with Crippen LogP contribution in [0.15, 0.2) is 41.4 Å². The summed E-state index contributed by atoms with van der Waals surface area (Å²) >= 11 is 18.1. The Morgan fingerprint density at radius 1 is 1.15 bits per heavy atom. The van der Waals surface area contributed by atoms with Gasteiger partial charge in [0, 0.05) is 36.1 Å². The molecule has 1 unspecified atom stereocenters. The number of nitrogens with one attached hydrogen (secondary N) is 1. The zero-order chi connectivity index (χ0) is 24.8. The molecular weight excluding hydrogens is 508 g/mol. The zero-order valence-corrected chi connectivity index (χ0v) is 20.5. The monoisotopic (exact) mass is 528 g/mol. The number of carbonyl (C=O) groups is 1. The number of rotatable bonds is 7. The van der Waals surface area contributed by atoms with Crippen molar-refractivity contribution in [1.82, 2.24) is 0 Å². The van der Waals surface area contributed by atoms with Crippen molar-refractivity contribution in [1.29, 1.82) is 5.41 Å². The third-order valence-electron chi connectivity index (χ3n) is 6.75. The Hall–Kier alpha value is -1.89. The maximum absolute atomic E-state index is 14.4. The largest absolute Gasteiger partial charge is 0.400 e. The molecule has 3 nitrogen and oxygen atoms in total. The number of alkyl halides is 3. The standard InChI is InChI=1S/C25H22Cl3F3N2O/c1-13(20(32)10-22(34)15-2-3-15)14-4-6-17(7-5-14)24(25(29,30)31)11-21(33-12-24)16-8-18(26)23(28)19(27)9-16/h4-9,13,15,32H,2-3,10-12H2,1H3/t13-,24?/m0/s1. The predicted molar refractivity (Wildman–Crippen MR) is 130 cm³/mol. The first-order chi connectivity index (χ1) is 15.9. The van der Waals surface area contributed by atoms with E-state index in [-0.39, 0.29) is 62.5 Å². The van der Waals surface area contributed by atoms with Crippen LogP contribution in [0.2, 0.25) is 15.1 Å². The van der Waals surface area contributed by atoms with Gasteiger partial charge in [-0.2, -0.15) is 13.2 Å². The number of benzene rings is 2. The summed E-state index contributed by atoms with van der Waals surface area (Å²) in [6, 6.07) is 9.07. The van der Waals surface area contributed by atoms with E-state index in [1.807, 2.05) is 0 Å². The highest BCUT2D eigenvalue weighted by atomic mass is 35.5. The van der Waals surface area contributed by atoms with Crippen LogP contribution in [0.5, 0.6) is 0 Å². The lowest BCUT2D eigenvalue weighted by atomic mass is 9.76. The van der Waals surface area contributed by atoms with Gasteiger partial charge in [-0.25, -0.2) is 0 Å². The fourth-order valence-electron chi connectivity index (χ4n) is 4.27. The van der Waals surface area contributed by atoms with Crippen LogP contribution in [0.4, 0.5) is 13.2 Å². The fourth-order valence-corrected chi connectivity index (χ4v) is 4.87. The molecule has 180 valence electrons. The van der Waals surface area contributed by atoms with E-state index in [0.717, 1.165) is 12.8 Å². The van der Waals surface area contributed by atoms with Gasteiger partial charge >= 0.3 is 6.18 Å². The molecule has 1 N–H and O–H groups in total. The van der Waals surface area contributed by atoms with Gasteiger partial charge < -0.3 is 5.41 Å². The van der Waals surface area contributed by atoms with E-state index < -0.39 is 18.1 Å². The number of Topliss-reactive ketones (excluding diaryl/α,β-unsaturated/α-hetero) is 1. The topological polar surface area (TPSA) is 53.3 Å². The summed E-state index contributed by atoms with van der Waals surface area (Å²) in [5, 5.41) is 8.70. The van der Waals surface area contributed by atoms with Gasteiger partial charge in [-0.15, -0.1) is 0 Å². The SMILES string of the molecule is C[C@H](C(=N)CC(=O)C1CC1)c1ccc(C2(C(F)(F)F)CN=C(c3cc(Cl)c(Cl)c(Cl)c3)C2)cc1. The summed E-state index contributed by atoms with van der Waals surface area (Å²) in [7, 11) is 0. The van der Waals surface area contributed by atoms with Crippen LogP contribution >= 0.6 is 34.8 Å². The van der Waals surface area contributed by atoms with E-state index in [1.54, 1.807) is 19.1 Å². The minimum Gasteiger partial charge on any atom is -0.309 e. The molecule has 1 aliphatic carbocycles. The molecule has 1 saturated carbocycles. The van der Waals surface area contributed by atoms with Crippen molar-refractivity contribution in [2.45, 2.75) is 50.1 Å². The maximum atomic E-state index is 14.4. The Morgan fingerprint density at radius 2 is 1.74 bits per heavy atom. The Labute approximate surface area is 210 Å². The normalized spacial score (nSPS) is 21.3. The molecule has 1 heterocycles. The highest BCUT2D eigenvalue weighted by Gasteiger charge is 2.58. The van der Waals surface area contributed by atoms with E-state index in [0.29, 0.717) is 11.1 Å². The quantitative estimate of drug-likeness (QED) is 0.288. The molecule has 0 amide bonds. The molecule has 4 rings (SSSR count). The number of hydrogen-bond donors (Lipinski definition) is 1. The van der Waals surface area contributed by atoms with Gasteiger partial charge in [0.05, 0.1) is 21.6 Å². The summed E-state index contributed by atoms with van der Waals surface area (Å²) in [6.07, 6.45) is -3.05. The van der Waals surface area contributed by atoms with Gasteiger partial charge in [-0.05, 0) is 41.7 Å². The van der Waals surface area contributed by atoms with Crippen LogP contribution in [0.25, 0.3) is 0 Å². The maximum Gasteiger partial charge on any atom is 0.400 e. The van der Waals surface area contributed by atoms with Gasteiger partial charge in [-0.1, -0.05) is 66.0 Å². The number of hydrogen-bond acceptors (Lipinski definition) is 3. The molecule has 2 aliphatic rings. The molecule has 34 heavy (non-hydrogen) atoms. The van der Waals surface area contributed by atoms with E-state index in [9.17, 15) is 18.0 Å². The lowest BCUT2D eigenvalue weighted by Gasteiger charge is -2.32. The van der Waals surface area contributed by atoms with Crippen LogP contribution in [-0.2, 0) is 10.2 Å². The highest BCUT2D eigenvalue weighted by Crippen LogP contribution is 2.48. The first-order valence-corrected chi connectivity index (χ1v) is 12.0. The molecule has 1 aliphatic heterocycles. The van der Waals surface area contributed by atoms with Crippen molar-refractivity contribution < 1.29 is 18.0 Å². The number of halogens is 6. The molecule has 9 heteroatoms. The predicted octanol–water partition coefficient (Wildman–Crippen LogP) is 7.83. The Balaban J connectivity index is 1.57. The van der Waals surface area contributed by atoms with E-state index in [1.165, 1.54) is 24.3 Å². The first-order valence-electron chi connectivity index (χ1n) is 10.9. The molecule has 0 saturated heterocycles. The summed E-state index contributed by atoms with van der Waals surface area (Å²) in [6.45, 7) is 1.34. The highest BCUT2D eigenvalue weighted by molar-refractivity contribution is 6.48. The van der Waals surface area contributed by atoms with Crippen molar-refractivity contribution in [2.24, 2.45) is 10.9 Å². The number of aliphatic imine (C=N–C) groups is 1. The van der Waals surface area contributed by atoms with Crippen molar-refractivity contribution in [2.75, 3.05) is 6.54 Å². The smallest absolute Gasteiger partial charge is 0.309 e. The van der Waals surface area contributed by atoms with E-state index in [2.05, 4.69) is 4.99 Å². The van der Waals surface area contributed by atoms with Crippen LogP contribution in [-0.4, -0.2) is 29.9 Å². The third-order valence-corrected chi connectivity index (χ3v) is 7.95. The molecular formula is C25H22Cl3F3N2O. The Bertz CT molecular complexity index is 1150. The first kappa shape index (κ1) is 25.2. The summed E-state index contributed by atoms with van der Waals surface area (Å²) in [4.78, 5) is 16.3. The zero-order valence-electron chi connectivity index (χ0n) is 18.3. The average molecular weight is 530 g/mol. The minimum absolute atomic E-state index is 0.0718. The summed E-state index contributed by atoms with van der Waals surface area (Å²) in [5.41, 5.74) is -0.442. The van der Waals surface area contributed by atoms with Crippen molar-refractivity contribution >= 4 is 52.0 Å². The third kappa shape index (κ3) is 4.77. The molecule has 0 radical (unpaired) electrons. The second-order valence-electron chi connectivity index (χ2n) is 9.06. The van der Waals surface area contributed by atoms with Gasteiger partial charge in [0.1, 0.15) is 11.2 Å². The van der Waals surface area contributed by atoms with E-state index >= 15 is 0 Å². The van der Waals surface area contributed by atoms with Crippen LogP contribution in [0.1, 0.15) is 55.2 Å². The van der Waals surface area contributed by atoms with Crippen molar-refractivity contribution in [3.63, 3.8) is 0 Å². The average Bonchev–Trinajstić information content (AvgIpc) is 3.54. The molecule has 2 aromatic rings. The van der Waals surface area contributed by atoms with E-state index in [4.69, 9.17) is 40.2 Å². The van der Waals surface area contributed by atoms with Gasteiger partial charge in [-0.3, -0.25) is 9.79 Å². The van der Waals surface area contributed by atoms with Crippen LogP contribution in [0, 0.1) is 11.3 Å². The van der Waals surface area contributed by atoms with Crippen LogP contribution in [0.3, 0.4) is 0 Å². The molecule has 2 aromatic carbocycles. The Morgan fingerprint density at radius 3 is 2.26 bits per heavy atom. The van der Waals surface area contributed by atoms with Gasteiger partial charge in [0.25, 0.3) is 0 Å². The van der Waals surface area contributed by atoms with Crippen LogP contribution < -0.4 is 0 Å². The van der Waals surface area contributed by atoms with Crippen molar-refractivity contribution in [3.05, 3.63) is 68.2 Å². The number of nitrogens with zero attached hydrogens (tertiary/aromatic N) is 1. The van der Waals surface area contributed by atoms with Crippen molar-refractivity contribution in [3.8, 4) is 0 Å². The minimum atomic E-state index is -4.55. The lowest BCUT2D eigenvalue weighted by Crippen LogP contribution is -2.43. The molecule has 0 aromatic heterocycles. The lowest BCUT2D eigenvalue weighted by molar-refractivity contribution is -0.183. The molecule has 0 spiro atoms. The Kier molecular flexibility index (Phi) is 6.89. The number of ketones is 1. The fraction of sp³-hybridized carbons (Fsp3) is 0.400. The van der Waals surface area contributed by atoms with Gasteiger partial charge in [0.2, 0.25) is 0 Å². The second kappa shape index (κ2) is 9.29.